The van der Waals surface area contributed by atoms with Gasteiger partial charge in [-0.2, -0.15) is 0 Å². The van der Waals surface area contributed by atoms with Gasteiger partial charge in [0, 0.05) is 0 Å². The summed E-state index contributed by atoms with van der Waals surface area (Å²) >= 11 is 0. The van der Waals surface area contributed by atoms with Crippen molar-refractivity contribution in [1.82, 2.24) is 0 Å². The Balaban J connectivity index is 0.000000184. The molecule has 6 aliphatic rings. The molecule has 0 nitrogen and oxygen atoms in total. The third-order valence-electron chi connectivity index (χ3n) is 12.5. The van der Waals surface area contributed by atoms with E-state index < -0.39 is 0 Å². The van der Waals surface area contributed by atoms with Crippen LogP contribution in [0.4, 0.5) is 0 Å². The first-order valence-corrected chi connectivity index (χ1v) is 17.9. The lowest BCUT2D eigenvalue weighted by molar-refractivity contribution is 0.152. The summed E-state index contributed by atoms with van der Waals surface area (Å²) in [4.78, 5) is 0. The van der Waals surface area contributed by atoms with Crippen LogP contribution >= 0.6 is 0 Å². The molecule has 0 aromatic heterocycles. The van der Waals surface area contributed by atoms with Gasteiger partial charge in [0.15, 0.2) is 0 Å². The molecule has 4 bridgehead atoms. The molecule has 6 saturated carbocycles. The van der Waals surface area contributed by atoms with Gasteiger partial charge in [0.25, 0.3) is 0 Å². The highest BCUT2D eigenvalue weighted by atomic mass is 14.6. The minimum atomic E-state index is 0.500. The molecular weight excluding hydrogens is 468 g/mol. The van der Waals surface area contributed by atoms with Crippen molar-refractivity contribution in [3.05, 3.63) is 0 Å². The lowest BCUT2D eigenvalue weighted by Crippen LogP contribution is -2.26. The molecule has 6 aliphatic carbocycles. The summed E-state index contributed by atoms with van der Waals surface area (Å²) in [6.45, 7) is 32.2. The molecule has 0 aromatic carbocycles. The second-order valence-corrected chi connectivity index (χ2v) is 18.5. The van der Waals surface area contributed by atoms with Gasteiger partial charge < -0.3 is 0 Å². The van der Waals surface area contributed by atoms with E-state index in [4.69, 9.17) is 0 Å². The zero-order chi connectivity index (χ0) is 29.8. The zero-order valence-electron chi connectivity index (χ0n) is 29.8. The largest absolute Gasteiger partial charge is 0.0683 e. The first kappa shape index (κ1) is 35.2. The zero-order valence-corrected chi connectivity index (χ0v) is 29.8. The maximum atomic E-state index is 2.50. The fraction of sp³-hybridized carbons (Fsp3) is 1.00. The molecule has 7 unspecified atom stereocenters. The summed E-state index contributed by atoms with van der Waals surface area (Å²) in [5.41, 5.74) is 2.36. The first-order chi connectivity index (χ1) is 17.9. The fourth-order valence-electron chi connectivity index (χ4n) is 9.96. The van der Waals surface area contributed by atoms with Gasteiger partial charge in [-0.1, -0.05) is 116 Å². The van der Waals surface area contributed by atoms with Crippen LogP contribution in [0.3, 0.4) is 0 Å². The molecular formula is C39H76. The predicted octanol–water partition coefficient (Wildman–Crippen LogP) is 13.2. The standard InChI is InChI=1S/C11H20.C11H22.C10H16.C5H12.C2H6/c1-8-7-11(4)6-5-9(8)10(11,2)3;1-9-5-7-10(8-6-9)11(2,3)4;1-2-9-7-4-5-8(6-7)10(9)3-1;1-5(2,3)4;1-2/h8-9H,5-7H2,1-4H3;9-10H,5-8H2,1-4H3;7-10H,1-6H2;1-4H3;1-2H3. The van der Waals surface area contributed by atoms with E-state index in [1.807, 2.05) is 13.8 Å². The molecule has 7 atom stereocenters. The number of hydrogen-bond acceptors (Lipinski definition) is 0. The van der Waals surface area contributed by atoms with Crippen LogP contribution in [-0.2, 0) is 0 Å². The minimum absolute atomic E-state index is 0.500. The topological polar surface area (TPSA) is 0 Å². The van der Waals surface area contributed by atoms with Gasteiger partial charge in [-0.25, -0.2) is 0 Å². The van der Waals surface area contributed by atoms with E-state index in [-0.39, 0.29) is 0 Å². The van der Waals surface area contributed by atoms with Crippen LogP contribution in [0, 0.1) is 69.0 Å². The second kappa shape index (κ2) is 14.0. The molecule has 0 spiro atoms. The van der Waals surface area contributed by atoms with Gasteiger partial charge in [-0.05, 0) is 133 Å². The highest BCUT2D eigenvalue weighted by Crippen LogP contribution is 2.67. The molecule has 0 aromatic rings. The Morgan fingerprint density at radius 3 is 1.38 bits per heavy atom. The molecule has 6 rings (SSSR count). The fourth-order valence-corrected chi connectivity index (χ4v) is 9.96. The molecule has 6 fully saturated rings. The lowest BCUT2D eigenvalue weighted by atomic mass is 9.70. The van der Waals surface area contributed by atoms with E-state index in [1.165, 1.54) is 68.6 Å². The quantitative estimate of drug-likeness (QED) is 0.284. The maximum Gasteiger partial charge on any atom is -0.0269 e. The Bertz CT molecular complexity index is 668. The average molecular weight is 545 g/mol. The normalized spacial score (nSPS) is 41.1. The van der Waals surface area contributed by atoms with Crippen LogP contribution in [0.25, 0.3) is 0 Å². The summed E-state index contributed by atoms with van der Waals surface area (Å²) < 4.78 is 0. The third-order valence-corrected chi connectivity index (χ3v) is 12.5. The Morgan fingerprint density at radius 2 is 1.08 bits per heavy atom. The summed E-state index contributed by atoms with van der Waals surface area (Å²) in [6.07, 6.45) is 19.8. The van der Waals surface area contributed by atoms with Crippen molar-refractivity contribution in [2.45, 2.75) is 180 Å². The molecule has 0 N–H and O–H groups in total. The molecule has 39 heavy (non-hydrogen) atoms. The minimum Gasteiger partial charge on any atom is -0.0683 e. The van der Waals surface area contributed by atoms with E-state index in [2.05, 4.69) is 83.1 Å². The predicted molar refractivity (Wildman–Crippen MR) is 177 cm³/mol. The van der Waals surface area contributed by atoms with Gasteiger partial charge in [-0.15, -0.1) is 0 Å². The van der Waals surface area contributed by atoms with Gasteiger partial charge in [0.1, 0.15) is 0 Å². The Labute approximate surface area is 249 Å². The van der Waals surface area contributed by atoms with Gasteiger partial charge in [0.05, 0.1) is 0 Å². The second-order valence-electron chi connectivity index (χ2n) is 18.5. The molecule has 0 amide bonds. The van der Waals surface area contributed by atoms with Crippen LogP contribution in [-0.4, -0.2) is 0 Å². The van der Waals surface area contributed by atoms with Crippen LogP contribution in [0.2, 0.25) is 0 Å². The van der Waals surface area contributed by atoms with Gasteiger partial charge >= 0.3 is 0 Å². The van der Waals surface area contributed by atoms with Gasteiger partial charge in [0.2, 0.25) is 0 Å². The number of fused-ring (bicyclic) bond motifs is 7. The first-order valence-electron chi connectivity index (χ1n) is 17.9. The molecule has 0 heterocycles. The van der Waals surface area contributed by atoms with Crippen molar-refractivity contribution >= 4 is 0 Å². The lowest BCUT2D eigenvalue weighted by Gasteiger charge is -2.35. The molecule has 0 radical (unpaired) electrons. The summed E-state index contributed by atoms with van der Waals surface area (Å²) in [6, 6.07) is 0. The van der Waals surface area contributed by atoms with Crippen molar-refractivity contribution in [2.75, 3.05) is 0 Å². The monoisotopic (exact) mass is 545 g/mol. The van der Waals surface area contributed by atoms with Crippen molar-refractivity contribution in [2.24, 2.45) is 69.0 Å². The van der Waals surface area contributed by atoms with Crippen molar-refractivity contribution in [3.8, 4) is 0 Å². The van der Waals surface area contributed by atoms with E-state index in [0.29, 0.717) is 21.7 Å². The van der Waals surface area contributed by atoms with E-state index in [0.717, 1.165) is 23.7 Å². The number of hydrogen-bond donors (Lipinski definition) is 0. The molecule has 232 valence electrons. The Hall–Kier alpha value is 0. The summed E-state index contributed by atoms with van der Waals surface area (Å²) in [5.74, 6) is 8.79. The van der Waals surface area contributed by atoms with E-state index in [9.17, 15) is 0 Å². The van der Waals surface area contributed by atoms with Crippen LogP contribution in [0.1, 0.15) is 180 Å². The average Bonchev–Trinajstić information content (AvgIpc) is 3.60. The van der Waals surface area contributed by atoms with Crippen LogP contribution in [0.5, 0.6) is 0 Å². The van der Waals surface area contributed by atoms with E-state index in [1.54, 1.807) is 38.5 Å². The summed E-state index contributed by atoms with van der Waals surface area (Å²) in [5, 5.41) is 0. The maximum absolute atomic E-state index is 2.50. The third kappa shape index (κ3) is 9.24. The Kier molecular flexibility index (Phi) is 12.6. The van der Waals surface area contributed by atoms with Crippen LogP contribution in [0.15, 0.2) is 0 Å². The highest BCUT2D eigenvalue weighted by molar-refractivity contribution is 5.08. The highest BCUT2D eigenvalue weighted by Gasteiger charge is 2.58. The smallest absolute Gasteiger partial charge is 0.0269 e. The summed E-state index contributed by atoms with van der Waals surface area (Å²) in [7, 11) is 0. The van der Waals surface area contributed by atoms with Crippen LogP contribution < -0.4 is 0 Å². The number of rotatable bonds is 0. The van der Waals surface area contributed by atoms with Crippen molar-refractivity contribution in [3.63, 3.8) is 0 Å². The van der Waals surface area contributed by atoms with Crippen molar-refractivity contribution < 1.29 is 0 Å². The Morgan fingerprint density at radius 1 is 0.615 bits per heavy atom. The molecule has 0 saturated heterocycles. The molecule has 0 aliphatic heterocycles. The SMILES string of the molecule is C1CC2C3CCC(C3)C2C1.CC.CC(C)(C)C.CC1CC2(C)CCC1C2(C)C.CC1CCC(C(C)(C)C)CC1. The molecule has 0 heteroatoms. The van der Waals surface area contributed by atoms with E-state index >= 15 is 0 Å². The van der Waals surface area contributed by atoms with Gasteiger partial charge in [-0.3, -0.25) is 0 Å². The van der Waals surface area contributed by atoms with Crippen molar-refractivity contribution in [1.29, 1.82) is 0 Å².